The van der Waals surface area contributed by atoms with E-state index in [0.29, 0.717) is 15.6 Å². The van der Waals surface area contributed by atoms with E-state index >= 15 is 0 Å². The molecule has 2 rings (SSSR count). The molecule has 0 saturated heterocycles. The van der Waals surface area contributed by atoms with Gasteiger partial charge < -0.3 is 0 Å². The molecule has 0 aliphatic carbocycles. The second-order valence-electron chi connectivity index (χ2n) is 4.14. The first kappa shape index (κ1) is 13.1. The van der Waals surface area contributed by atoms with Gasteiger partial charge in [-0.1, -0.05) is 29.3 Å². The van der Waals surface area contributed by atoms with E-state index in [0.717, 1.165) is 11.3 Å². The topological polar surface area (TPSA) is 34.9 Å². The van der Waals surface area contributed by atoms with Crippen LogP contribution < -0.4 is 0 Å². The van der Waals surface area contributed by atoms with Crippen LogP contribution in [0.2, 0.25) is 10.0 Å². The summed E-state index contributed by atoms with van der Waals surface area (Å²) >= 11 is 11.9. The van der Waals surface area contributed by atoms with Gasteiger partial charge in [0, 0.05) is 29.7 Å². The van der Waals surface area contributed by atoms with Gasteiger partial charge in [-0.3, -0.25) is 9.48 Å². The van der Waals surface area contributed by atoms with Crippen molar-refractivity contribution in [2.45, 2.75) is 13.3 Å². The number of nitrogens with zero attached hydrogens (tertiary/aromatic N) is 2. The first-order chi connectivity index (χ1) is 8.47. The molecule has 0 aliphatic heterocycles. The third kappa shape index (κ3) is 2.74. The van der Waals surface area contributed by atoms with Crippen molar-refractivity contribution in [3.8, 4) is 0 Å². The Balaban J connectivity index is 2.24. The van der Waals surface area contributed by atoms with Crippen molar-refractivity contribution in [2.24, 2.45) is 7.05 Å². The Labute approximate surface area is 115 Å². The second-order valence-corrected chi connectivity index (χ2v) is 4.98. The van der Waals surface area contributed by atoms with E-state index < -0.39 is 0 Å². The highest BCUT2D eigenvalue weighted by Gasteiger charge is 2.14. The van der Waals surface area contributed by atoms with Crippen LogP contribution in [0.25, 0.3) is 0 Å². The Kier molecular flexibility index (Phi) is 3.73. The van der Waals surface area contributed by atoms with Gasteiger partial charge in [-0.2, -0.15) is 5.10 Å². The molecule has 0 atom stereocenters. The number of aryl methyl sites for hydroxylation is 2. The summed E-state index contributed by atoms with van der Waals surface area (Å²) in [4.78, 5) is 12.1. The van der Waals surface area contributed by atoms with Crippen LogP contribution in [0.1, 0.15) is 21.6 Å². The van der Waals surface area contributed by atoms with Crippen molar-refractivity contribution in [2.75, 3.05) is 0 Å². The van der Waals surface area contributed by atoms with Crippen molar-refractivity contribution in [1.82, 2.24) is 9.78 Å². The zero-order chi connectivity index (χ0) is 13.3. The molecule has 0 N–H and O–H groups in total. The van der Waals surface area contributed by atoms with Crippen molar-refractivity contribution < 1.29 is 4.79 Å². The smallest absolute Gasteiger partial charge is 0.170 e. The van der Waals surface area contributed by atoms with Crippen LogP contribution in [-0.4, -0.2) is 15.6 Å². The van der Waals surface area contributed by atoms with Gasteiger partial charge in [-0.25, -0.2) is 0 Å². The van der Waals surface area contributed by atoms with E-state index in [-0.39, 0.29) is 12.2 Å². The zero-order valence-corrected chi connectivity index (χ0v) is 11.6. The number of rotatable bonds is 3. The maximum Gasteiger partial charge on any atom is 0.170 e. The van der Waals surface area contributed by atoms with Crippen LogP contribution in [-0.2, 0) is 13.5 Å². The molecule has 0 saturated carbocycles. The lowest BCUT2D eigenvalue weighted by Crippen LogP contribution is -2.04. The minimum atomic E-state index is 0.00447. The molecule has 0 aliphatic rings. The van der Waals surface area contributed by atoms with Crippen molar-refractivity contribution in [3.05, 3.63) is 51.3 Å². The van der Waals surface area contributed by atoms with Gasteiger partial charge in [0.2, 0.25) is 0 Å². The first-order valence-electron chi connectivity index (χ1n) is 5.44. The predicted molar refractivity (Wildman–Crippen MR) is 72.4 cm³/mol. The fourth-order valence-corrected chi connectivity index (χ4v) is 2.28. The van der Waals surface area contributed by atoms with E-state index in [1.54, 1.807) is 36.1 Å². The lowest BCUT2D eigenvalue weighted by atomic mass is 10.0. The molecule has 0 spiro atoms. The molecule has 0 radical (unpaired) electrons. The van der Waals surface area contributed by atoms with Crippen molar-refractivity contribution in [1.29, 1.82) is 0 Å². The minimum Gasteiger partial charge on any atom is -0.294 e. The number of hydrogen-bond acceptors (Lipinski definition) is 2. The summed E-state index contributed by atoms with van der Waals surface area (Å²) in [5.41, 5.74) is 2.13. The largest absolute Gasteiger partial charge is 0.294 e. The van der Waals surface area contributed by atoms with Gasteiger partial charge in [0.15, 0.2) is 5.78 Å². The molecule has 2 aromatic rings. The Morgan fingerprint density at radius 2 is 2.11 bits per heavy atom. The SMILES string of the molecule is Cc1nn(C)cc1C(=O)Cc1ccc(Cl)cc1Cl. The summed E-state index contributed by atoms with van der Waals surface area (Å²) in [5.74, 6) is 0.00447. The molecule has 0 bridgehead atoms. The highest BCUT2D eigenvalue weighted by atomic mass is 35.5. The number of benzene rings is 1. The lowest BCUT2D eigenvalue weighted by molar-refractivity contribution is 0.0992. The van der Waals surface area contributed by atoms with Crippen molar-refractivity contribution >= 4 is 29.0 Å². The van der Waals surface area contributed by atoms with E-state index in [2.05, 4.69) is 5.10 Å². The summed E-state index contributed by atoms with van der Waals surface area (Å²) in [5, 5.41) is 5.23. The number of hydrogen-bond donors (Lipinski definition) is 0. The van der Waals surface area contributed by atoms with Crippen LogP contribution in [0.5, 0.6) is 0 Å². The maximum absolute atomic E-state index is 12.1. The molecule has 1 aromatic heterocycles. The van der Waals surface area contributed by atoms with Gasteiger partial charge in [0.1, 0.15) is 0 Å². The van der Waals surface area contributed by atoms with Crippen LogP contribution in [0.3, 0.4) is 0 Å². The Hall–Kier alpha value is -1.32. The number of halogens is 2. The molecule has 1 heterocycles. The highest BCUT2D eigenvalue weighted by molar-refractivity contribution is 6.35. The minimum absolute atomic E-state index is 0.00447. The molecule has 5 heteroatoms. The Morgan fingerprint density at radius 1 is 1.39 bits per heavy atom. The molecule has 94 valence electrons. The third-order valence-electron chi connectivity index (χ3n) is 2.68. The molecule has 3 nitrogen and oxygen atoms in total. The average molecular weight is 283 g/mol. The van der Waals surface area contributed by atoms with Crippen LogP contribution in [0.15, 0.2) is 24.4 Å². The fraction of sp³-hybridized carbons (Fsp3) is 0.231. The molecule has 1 aromatic carbocycles. The van der Waals surface area contributed by atoms with Gasteiger partial charge >= 0.3 is 0 Å². The Bertz CT molecular complexity index is 605. The Morgan fingerprint density at radius 3 is 2.67 bits per heavy atom. The molecule has 0 fully saturated rings. The van der Waals surface area contributed by atoms with Crippen LogP contribution in [0.4, 0.5) is 0 Å². The molecule has 18 heavy (non-hydrogen) atoms. The number of ketones is 1. The molecular weight excluding hydrogens is 271 g/mol. The number of Topliss-reactive ketones (excluding diaryl/α,β-unsaturated/α-hetero) is 1. The predicted octanol–water partition coefficient (Wildman–Crippen LogP) is 3.46. The summed E-state index contributed by atoms with van der Waals surface area (Å²) < 4.78 is 1.63. The maximum atomic E-state index is 12.1. The van der Waals surface area contributed by atoms with Crippen LogP contribution >= 0.6 is 23.2 Å². The average Bonchev–Trinajstić information content (AvgIpc) is 2.62. The summed E-state index contributed by atoms with van der Waals surface area (Å²) in [6.07, 6.45) is 1.98. The van der Waals surface area contributed by atoms with E-state index in [4.69, 9.17) is 23.2 Å². The fourth-order valence-electron chi connectivity index (χ4n) is 1.81. The molecular formula is C13H12Cl2N2O. The third-order valence-corrected chi connectivity index (χ3v) is 3.27. The normalized spacial score (nSPS) is 10.7. The van der Waals surface area contributed by atoms with E-state index in [1.807, 2.05) is 6.92 Å². The van der Waals surface area contributed by atoms with Crippen molar-refractivity contribution in [3.63, 3.8) is 0 Å². The van der Waals surface area contributed by atoms with E-state index in [1.165, 1.54) is 0 Å². The highest BCUT2D eigenvalue weighted by Crippen LogP contribution is 2.22. The number of carbonyl (C=O) groups is 1. The summed E-state index contributed by atoms with van der Waals surface area (Å²) in [7, 11) is 1.79. The van der Waals surface area contributed by atoms with Gasteiger partial charge in [-0.05, 0) is 24.6 Å². The lowest BCUT2D eigenvalue weighted by Gasteiger charge is -2.03. The molecule has 0 amide bonds. The number of carbonyl (C=O) groups excluding carboxylic acids is 1. The standard InChI is InChI=1S/C13H12Cl2N2O/c1-8-11(7-17(2)16-8)13(18)5-9-3-4-10(14)6-12(9)15/h3-4,6-7H,5H2,1-2H3. The van der Waals surface area contributed by atoms with Crippen LogP contribution in [0, 0.1) is 6.92 Å². The zero-order valence-electron chi connectivity index (χ0n) is 10.1. The molecule has 0 unspecified atom stereocenters. The van der Waals surface area contributed by atoms with Gasteiger partial charge in [0.25, 0.3) is 0 Å². The van der Waals surface area contributed by atoms with E-state index in [9.17, 15) is 4.79 Å². The quantitative estimate of drug-likeness (QED) is 0.808. The summed E-state index contributed by atoms with van der Waals surface area (Å²) in [6.45, 7) is 1.82. The summed E-state index contributed by atoms with van der Waals surface area (Å²) in [6, 6.07) is 5.14. The van der Waals surface area contributed by atoms with Gasteiger partial charge in [-0.15, -0.1) is 0 Å². The second kappa shape index (κ2) is 5.12. The number of aromatic nitrogens is 2. The van der Waals surface area contributed by atoms with Gasteiger partial charge in [0.05, 0.1) is 11.3 Å². The first-order valence-corrected chi connectivity index (χ1v) is 6.20. The monoisotopic (exact) mass is 282 g/mol.